The summed E-state index contributed by atoms with van der Waals surface area (Å²) in [5, 5.41) is 27.2. The number of rotatable bonds is 1. The Morgan fingerprint density at radius 1 is 1.45 bits per heavy atom. The summed E-state index contributed by atoms with van der Waals surface area (Å²) in [5.41, 5.74) is 5.31. The second-order valence-electron chi connectivity index (χ2n) is 2.80. The fourth-order valence-corrected chi connectivity index (χ4v) is 1.12. The largest absolute Gasteiger partial charge is 0.391 e. The highest BCUT2D eigenvalue weighted by Gasteiger charge is 2.42. The third-order valence-electron chi connectivity index (χ3n) is 1.83. The smallest absolute Gasteiger partial charge is 0.173 e. The van der Waals surface area contributed by atoms with E-state index in [1.165, 1.54) is 6.92 Å². The third kappa shape index (κ3) is 1.52. The first kappa shape index (κ1) is 8.89. The molecule has 0 bridgehead atoms. The SMILES string of the molecule is C[C@@H](O)[C@@H]1O[C@@H](O)[C@H](N)[C@H]1O. The molecule has 5 heteroatoms. The molecule has 66 valence electrons. The minimum atomic E-state index is -1.18. The Labute approximate surface area is 64.4 Å². The number of hydrogen-bond donors (Lipinski definition) is 4. The Morgan fingerprint density at radius 2 is 2.00 bits per heavy atom. The van der Waals surface area contributed by atoms with E-state index in [4.69, 9.17) is 20.7 Å². The standard InChI is InChI=1S/C6H13NO4/c1-2(8)5-4(9)3(7)6(10)11-5/h2-6,8-10H,7H2,1H3/t2-,3-,4-,5+,6-/m1/s1. The molecule has 0 aromatic heterocycles. The van der Waals surface area contributed by atoms with Crippen LogP contribution in [0.15, 0.2) is 0 Å². The van der Waals surface area contributed by atoms with Crippen LogP contribution in [-0.4, -0.2) is 46.0 Å². The van der Waals surface area contributed by atoms with Gasteiger partial charge < -0.3 is 25.8 Å². The summed E-state index contributed by atoms with van der Waals surface area (Å²) in [6.45, 7) is 1.47. The van der Waals surface area contributed by atoms with E-state index in [-0.39, 0.29) is 0 Å². The van der Waals surface area contributed by atoms with E-state index in [1.54, 1.807) is 0 Å². The molecule has 0 spiro atoms. The number of aliphatic hydroxyl groups excluding tert-OH is 3. The van der Waals surface area contributed by atoms with E-state index < -0.39 is 30.6 Å². The number of ether oxygens (including phenoxy) is 1. The Balaban J connectivity index is 2.59. The van der Waals surface area contributed by atoms with Gasteiger partial charge in [0.2, 0.25) is 0 Å². The molecule has 0 aliphatic carbocycles. The summed E-state index contributed by atoms with van der Waals surface area (Å²) >= 11 is 0. The lowest BCUT2D eigenvalue weighted by Crippen LogP contribution is -2.42. The highest BCUT2D eigenvalue weighted by molar-refractivity contribution is 4.91. The van der Waals surface area contributed by atoms with Crippen molar-refractivity contribution in [3.63, 3.8) is 0 Å². The molecule has 1 aliphatic rings. The third-order valence-corrected chi connectivity index (χ3v) is 1.83. The zero-order valence-corrected chi connectivity index (χ0v) is 6.21. The first-order valence-electron chi connectivity index (χ1n) is 3.49. The van der Waals surface area contributed by atoms with Gasteiger partial charge in [0.25, 0.3) is 0 Å². The van der Waals surface area contributed by atoms with Crippen molar-refractivity contribution in [2.45, 2.75) is 37.6 Å². The van der Waals surface area contributed by atoms with Crippen molar-refractivity contribution in [3.05, 3.63) is 0 Å². The quantitative estimate of drug-likeness (QED) is 0.351. The Bertz CT molecular complexity index is 141. The summed E-state index contributed by atoms with van der Waals surface area (Å²) in [4.78, 5) is 0. The molecule has 0 amide bonds. The van der Waals surface area contributed by atoms with Crippen LogP contribution in [0.4, 0.5) is 0 Å². The lowest BCUT2D eigenvalue weighted by atomic mass is 10.1. The van der Waals surface area contributed by atoms with E-state index in [9.17, 15) is 5.11 Å². The molecule has 5 nitrogen and oxygen atoms in total. The molecule has 0 aromatic rings. The van der Waals surface area contributed by atoms with E-state index >= 15 is 0 Å². The first-order valence-corrected chi connectivity index (χ1v) is 3.49. The van der Waals surface area contributed by atoms with Crippen LogP contribution in [0, 0.1) is 0 Å². The Hall–Kier alpha value is -0.200. The molecular weight excluding hydrogens is 150 g/mol. The van der Waals surface area contributed by atoms with Gasteiger partial charge in [0.15, 0.2) is 6.29 Å². The number of hydrogen-bond acceptors (Lipinski definition) is 5. The van der Waals surface area contributed by atoms with Gasteiger partial charge in [-0.3, -0.25) is 0 Å². The minimum Gasteiger partial charge on any atom is -0.391 e. The average Bonchev–Trinajstić information content (AvgIpc) is 2.17. The molecular formula is C6H13NO4. The van der Waals surface area contributed by atoms with Crippen LogP contribution in [0.2, 0.25) is 0 Å². The van der Waals surface area contributed by atoms with Gasteiger partial charge in [-0.2, -0.15) is 0 Å². The molecule has 0 radical (unpaired) electrons. The Morgan fingerprint density at radius 3 is 2.18 bits per heavy atom. The van der Waals surface area contributed by atoms with Gasteiger partial charge in [-0.15, -0.1) is 0 Å². The molecule has 5 atom stereocenters. The predicted octanol–water partition coefficient (Wildman–Crippen LogP) is -2.23. The summed E-state index contributed by atoms with van der Waals surface area (Å²) in [6.07, 6.45) is -3.78. The maximum Gasteiger partial charge on any atom is 0.173 e. The van der Waals surface area contributed by atoms with Gasteiger partial charge in [-0.1, -0.05) is 0 Å². The fourth-order valence-electron chi connectivity index (χ4n) is 1.12. The summed E-state index contributed by atoms with van der Waals surface area (Å²) in [7, 11) is 0. The van der Waals surface area contributed by atoms with Crippen LogP contribution in [0.25, 0.3) is 0 Å². The highest BCUT2D eigenvalue weighted by atomic mass is 16.6. The fraction of sp³-hybridized carbons (Fsp3) is 1.00. The van der Waals surface area contributed by atoms with E-state index in [2.05, 4.69) is 0 Å². The second kappa shape index (κ2) is 3.04. The molecule has 0 saturated carbocycles. The van der Waals surface area contributed by atoms with Gasteiger partial charge in [0.1, 0.15) is 12.2 Å². The zero-order chi connectivity index (χ0) is 8.59. The maximum atomic E-state index is 9.23. The molecule has 1 heterocycles. The molecule has 0 unspecified atom stereocenters. The van der Waals surface area contributed by atoms with E-state index in [0.29, 0.717) is 0 Å². The van der Waals surface area contributed by atoms with Gasteiger partial charge in [-0.25, -0.2) is 0 Å². The van der Waals surface area contributed by atoms with Crippen LogP contribution in [-0.2, 0) is 4.74 Å². The van der Waals surface area contributed by atoms with Crippen LogP contribution in [0.5, 0.6) is 0 Å². The normalized spacial score (nSPS) is 47.7. The van der Waals surface area contributed by atoms with Gasteiger partial charge in [0.05, 0.1) is 12.1 Å². The molecule has 1 saturated heterocycles. The van der Waals surface area contributed by atoms with Crippen LogP contribution < -0.4 is 5.73 Å². The number of aliphatic hydroxyl groups is 3. The zero-order valence-electron chi connectivity index (χ0n) is 6.21. The van der Waals surface area contributed by atoms with E-state index in [0.717, 1.165) is 0 Å². The predicted molar refractivity (Wildman–Crippen MR) is 36.5 cm³/mol. The Kier molecular flexibility index (Phi) is 2.46. The van der Waals surface area contributed by atoms with Gasteiger partial charge in [0, 0.05) is 0 Å². The summed E-state index contributed by atoms with van der Waals surface area (Å²) in [6, 6.07) is -0.824. The van der Waals surface area contributed by atoms with Crippen LogP contribution in [0.1, 0.15) is 6.92 Å². The van der Waals surface area contributed by atoms with Crippen molar-refractivity contribution in [3.8, 4) is 0 Å². The minimum absolute atomic E-state index is 0.778. The second-order valence-corrected chi connectivity index (χ2v) is 2.80. The van der Waals surface area contributed by atoms with Gasteiger partial charge in [-0.05, 0) is 6.92 Å². The van der Waals surface area contributed by atoms with Crippen molar-refractivity contribution in [2.75, 3.05) is 0 Å². The van der Waals surface area contributed by atoms with Crippen molar-refractivity contribution in [2.24, 2.45) is 5.73 Å². The summed E-state index contributed by atoms with van der Waals surface area (Å²) in [5.74, 6) is 0. The lowest BCUT2D eigenvalue weighted by molar-refractivity contribution is -0.127. The molecule has 11 heavy (non-hydrogen) atoms. The molecule has 5 N–H and O–H groups in total. The maximum absolute atomic E-state index is 9.23. The average molecular weight is 163 g/mol. The first-order chi connectivity index (χ1) is 5.04. The van der Waals surface area contributed by atoms with Crippen molar-refractivity contribution < 1.29 is 20.1 Å². The molecule has 1 fully saturated rings. The van der Waals surface area contributed by atoms with Gasteiger partial charge >= 0.3 is 0 Å². The van der Waals surface area contributed by atoms with Crippen molar-refractivity contribution >= 4 is 0 Å². The molecule has 1 rings (SSSR count). The summed E-state index contributed by atoms with van der Waals surface area (Å²) < 4.78 is 4.78. The van der Waals surface area contributed by atoms with Crippen LogP contribution >= 0.6 is 0 Å². The van der Waals surface area contributed by atoms with Crippen molar-refractivity contribution in [1.29, 1.82) is 0 Å². The lowest BCUT2D eigenvalue weighted by Gasteiger charge is -2.16. The molecule has 0 aromatic carbocycles. The highest BCUT2D eigenvalue weighted by Crippen LogP contribution is 2.20. The number of nitrogens with two attached hydrogens (primary N) is 1. The molecule has 1 aliphatic heterocycles. The topological polar surface area (TPSA) is 95.9 Å². The van der Waals surface area contributed by atoms with Crippen molar-refractivity contribution in [1.82, 2.24) is 0 Å². The van der Waals surface area contributed by atoms with E-state index in [1.807, 2.05) is 0 Å². The van der Waals surface area contributed by atoms with Crippen LogP contribution in [0.3, 0.4) is 0 Å². The monoisotopic (exact) mass is 163 g/mol.